The molecule has 0 heterocycles. The topological polar surface area (TPSA) is 47.6 Å². The summed E-state index contributed by atoms with van der Waals surface area (Å²) in [7, 11) is 0. The summed E-state index contributed by atoms with van der Waals surface area (Å²) in [6.45, 7) is 0. The van der Waals surface area contributed by atoms with E-state index >= 15 is 0 Å². The number of halogens is 1. The third-order valence-electron chi connectivity index (χ3n) is 1.40. The molecular formula is C9H7ClN2S2. The predicted octanol–water partition coefficient (Wildman–Crippen LogP) is 3.72. The molecule has 0 saturated carbocycles. The van der Waals surface area contributed by atoms with Crippen LogP contribution in [-0.4, -0.2) is 4.38 Å². The van der Waals surface area contributed by atoms with Crippen molar-refractivity contribution >= 4 is 39.5 Å². The molecule has 0 spiro atoms. The van der Waals surface area contributed by atoms with Crippen LogP contribution in [0.15, 0.2) is 24.3 Å². The van der Waals surface area contributed by atoms with Gasteiger partial charge >= 0.3 is 0 Å². The van der Waals surface area contributed by atoms with Gasteiger partial charge < -0.3 is 0 Å². The van der Waals surface area contributed by atoms with Gasteiger partial charge in [0.2, 0.25) is 0 Å². The molecule has 0 aliphatic heterocycles. The number of benzene rings is 1. The van der Waals surface area contributed by atoms with Gasteiger partial charge in [0.15, 0.2) is 0 Å². The maximum atomic E-state index is 8.32. The molecular weight excluding hydrogens is 236 g/mol. The SMILES string of the molecule is N#CSC(=N)SCc1cccc(Cl)c1. The van der Waals surface area contributed by atoms with E-state index in [1.165, 1.54) is 11.8 Å². The lowest BCUT2D eigenvalue weighted by molar-refractivity contribution is 1.42. The zero-order chi connectivity index (χ0) is 10.4. The van der Waals surface area contributed by atoms with Crippen LogP contribution >= 0.6 is 35.1 Å². The first-order valence-corrected chi connectivity index (χ1v) is 5.92. The number of thiocyanates is 1. The van der Waals surface area contributed by atoms with Crippen LogP contribution in [0.4, 0.5) is 0 Å². The van der Waals surface area contributed by atoms with E-state index in [2.05, 4.69) is 0 Å². The van der Waals surface area contributed by atoms with Crippen molar-refractivity contribution < 1.29 is 0 Å². The summed E-state index contributed by atoms with van der Waals surface area (Å²) in [6.07, 6.45) is 0. The highest BCUT2D eigenvalue weighted by Gasteiger charge is 1.99. The van der Waals surface area contributed by atoms with Gasteiger partial charge in [0.1, 0.15) is 9.78 Å². The molecule has 0 atom stereocenters. The van der Waals surface area contributed by atoms with Gasteiger partial charge in [-0.05, 0) is 17.7 Å². The second-order valence-corrected chi connectivity index (χ2v) is 4.87. The van der Waals surface area contributed by atoms with Crippen LogP contribution < -0.4 is 0 Å². The Morgan fingerprint density at radius 3 is 3.00 bits per heavy atom. The molecule has 0 bridgehead atoms. The van der Waals surface area contributed by atoms with Crippen LogP contribution in [0, 0.1) is 16.1 Å². The lowest BCUT2D eigenvalue weighted by Crippen LogP contribution is -1.84. The van der Waals surface area contributed by atoms with E-state index in [1.807, 2.05) is 29.7 Å². The van der Waals surface area contributed by atoms with Gasteiger partial charge in [0.05, 0.1) is 0 Å². The van der Waals surface area contributed by atoms with Gasteiger partial charge in [0.25, 0.3) is 0 Å². The van der Waals surface area contributed by atoms with E-state index in [4.69, 9.17) is 22.3 Å². The van der Waals surface area contributed by atoms with E-state index < -0.39 is 0 Å². The molecule has 1 aromatic carbocycles. The average molecular weight is 243 g/mol. The molecule has 0 amide bonds. The molecule has 0 aromatic heterocycles. The Morgan fingerprint density at radius 1 is 1.57 bits per heavy atom. The van der Waals surface area contributed by atoms with Gasteiger partial charge in [-0.1, -0.05) is 35.5 Å². The summed E-state index contributed by atoms with van der Waals surface area (Å²) in [6, 6.07) is 7.49. The highest BCUT2D eigenvalue weighted by atomic mass is 35.5. The number of thioether (sulfide) groups is 2. The fourth-order valence-corrected chi connectivity index (χ4v) is 2.14. The summed E-state index contributed by atoms with van der Waals surface area (Å²) in [5.74, 6) is 0.675. The zero-order valence-electron chi connectivity index (χ0n) is 7.16. The minimum atomic E-state index is 0.312. The molecule has 5 heteroatoms. The Kier molecular flexibility index (Phi) is 4.88. The molecule has 0 radical (unpaired) electrons. The van der Waals surface area contributed by atoms with Crippen LogP contribution in [0.1, 0.15) is 5.56 Å². The number of nitrogens with one attached hydrogen (secondary N) is 1. The van der Waals surface area contributed by atoms with Crippen molar-refractivity contribution in [2.24, 2.45) is 0 Å². The third-order valence-corrected chi connectivity index (χ3v) is 3.25. The molecule has 0 fully saturated rings. The van der Waals surface area contributed by atoms with Gasteiger partial charge in [0, 0.05) is 22.5 Å². The fourth-order valence-electron chi connectivity index (χ4n) is 0.847. The number of rotatable bonds is 2. The van der Waals surface area contributed by atoms with E-state index in [0.29, 0.717) is 15.2 Å². The molecule has 14 heavy (non-hydrogen) atoms. The average Bonchev–Trinajstić information content (AvgIpc) is 2.15. The van der Waals surface area contributed by atoms with Crippen molar-refractivity contribution in [1.29, 1.82) is 10.7 Å². The molecule has 0 unspecified atom stereocenters. The summed E-state index contributed by atoms with van der Waals surface area (Å²) < 4.78 is 0.312. The summed E-state index contributed by atoms with van der Waals surface area (Å²) in [4.78, 5) is 0. The smallest absolute Gasteiger partial charge is 0.140 e. The zero-order valence-corrected chi connectivity index (χ0v) is 9.55. The van der Waals surface area contributed by atoms with Crippen LogP contribution in [0.2, 0.25) is 5.02 Å². The first kappa shape index (κ1) is 11.4. The lowest BCUT2D eigenvalue weighted by Gasteiger charge is -2.00. The Morgan fingerprint density at radius 2 is 2.36 bits per heavy atom. The Hall–Kier alpha value is -0.630. The molecule has 1 rings (SSSR count). The standard InChI is InChI=1S/C9H7ClN2S2/c10-8-3-1-2-7(4-8)5-13-9(12)14-6-11/h1-4,12H,5H2. The summed E-state index contributed by atoms with van der Waals surface area (Å²) in [5, 5.41) is 18.2. The maximum Gasteiger partial charge on any atom is 0.140 e. The first-order valence-electron chi connectivity index (χ1n) is 3.74. The Balaban J connectivity index is 2.46. The number of nitrogens with zero attached hydrogens (tertiary/aromatic N) is 1. The number of nitriles is 1. The van der Waals surface area contributed by atoms with Crippen molar-refractivity contribution in [2.75, 3.05) is 0 Å². The van der Waals surface area contributed by atoms with Gasteiger partial charge in [-0.15, -0.1) is 0 Å². The van der Waals surface area contributed by atoms with Crippen LogP contribution in [0.5, 0.6) is 0 Å². The van der Waals surface area contributed by atoms with Crippen molar-refractivity contribution in [3.8, 4) is 5.40 Å². The normalized spacial score (nSPS) is 9.43. The third kappa shape index (κ3) is 4.05. The molecule has 0 aliphatic carbocycles. The van der Waals surface area contributed by atoms with Crippen molar-refractivity contribution in [1.82, 2.24) is 0 Å². The molecule has 72 valence electrons. The number of hydrogen-bond donors (Lipinski definition) is 1. The molecule has 2 nitrogen and oxygen atoms in total. The van der Waals surface area contributed by atoms with E-state index in [0.717, 1.165) is 17.3 Å². The molecule has 0 aliphatic rings. The minimum absolute atomic E-state index is 0.312. The second kappa shape index (κ2) is 5.97. The molecule has 1 N–H and O–H groups in total. The largest absolute Gasteiger partial charge is 0.287 e. The highest BCUT2D eigenvalue weighted by Crippen LogP contribution is 2.21. The Labute approximate surface area is 96.2 Å². The van der Waals surface area contributed by atoms with Crippen molar-refractivity contribution in [2.45, 2.75) is 5.75 Å². The van der Waals surface area contributed by atoms with Crippen molar-refractivity contribution in [3.05, 3.63) is 34.9 Å². The Bertz CT molecular complexity index is 373. The monoisotopic (exact) mass is 242 g/mol. The summed E-state index contributed by atoms with van der Waals surface area (Å²) >= 11 is 8.00. The van der Waals surface area contributed by atoms with E-state index in [-0.39, 0.29) is 0 Å². The van der Waals surface area contributed by atoms with Gasteiger partial charge in [-0.25, -0.2) is 0 Å². The van der Waals surface area contributed by atoms with Crippen LogP contribution in [-0.2, 0) is 5.75 Å². The lowest BCUT2D eigenvalue weighted by atomic mass is 10.2. The maximum absolute atomic E-state index is 8.32. The number of hydrogen-bond acceptors (Lipinski definition) is 4. The van der Waals surface area contributed by atoms with E-state index in [1.54, 1.807) is 0 Å². The fraction of sp³-hybridized carbons (Fsp3) is 0.111. The first-order chi connectivity index (χ1) is 6.72. The van der Waals surface area contributed by atoms with Crippen LogP contribution in [0.25, 0.3) is 0 Å². The van der Waals surface area contributed by atoms with Gasteiger partial charge in [-0.2, -0.15) is 5.26 Å². The molecule has 0 saturated heterocycles. The minimum Gasteiger partial charge on any atom is -0.287 e. The van der Waals surface area contributed by atoms with Crippen LogP contribution in [0.3, 0.4) is 0 Å². The van der Waals surface area contributed by atoms with Gasteiger partial charge in [-0.3, -0.25) is 5.41 Å². The summed E-state index contributed by atoms with van der Waals surface area (Å²) in [5.41, 5.74) is 1.06. The van der Waals surface area contributed by atoms with Crippen molar-refractivity contribution in [3.63, 3.8) is 0 Å². The quantitative estimate of drug-likeness (QED) is 0.489. The highest BCUT2D eigenvalue weighted by molar-refractivity contribution is 8.40. The second-order valence-electron chi connectivity index (χ2n) is 2.40. The van der Waals surface area contributed by atoms with E-state index in [9.17, 15) is 0 Å². The predicted molar refractivity (Wildman–Crippen MR) is 63.7 cm³/mol. The molecule has 1 aromatic rings.